The monoisotopic (exact) mass is 468 g/mol. The van der Waals surface area contributed by atoms with E-state index in [1.54, 1.807) is 0 Å². The van der Waals surface area contributed by atoms with E-state index in [9.17, 15) is 43.9 Å². The Bertz CT molecular complexity index is 566. The molecule has 0 aliphatic carbocycles. The van der Waals surface area contributed by atoms with Crippen LogP contribution >= 0.6 is 0 Å². The summed E-state index contributed by atoms with van der Waals surface area (Å²) in [6, 6.07) is 0. The van der Waals surface area contributed by atoms with Crippen LogP contribution in [0.3, 0.4) is 0 Å². The molecule has 0 spiro atoms. The first-order valence-corrected chi connectivity index (χ1v) is 8.55. The minimum atomic E-state index is -6.63. The summed E-state index contributed by atoms with van der Waals surface area (Å²) in [5, 5.41) is 0. The molecule has 3 atom stereocenters. The van der Waals surface area contributed by atoms with E-state index >= 15 is 4.39 Å². The Kier molecular flexibility index (Phi) is 8.47. The van der Waals surface area contributed by atoms with Gasteiger partial charge in [-0.15, -0.1) is 6.58 Å². The molecule has 0 amide bonds. The van der Waals surface area contributed by atoms with Gasteiger partial charge in [0.05, 0.1) is 13.2 Å². The summed E-state index contributed by atoms with van der Waals surface area (Å²) in [6.45, 7) is 1.23. The molecular weight excluding hydrogens is 445 g/mol. The van der Waals surface area contributed by atoms with Crippen LogP contribution in [0.25, 0.3) is 0 Å². The molecule has 0 saturated carbocycles. The molecule has 0 aromatic rings. The normalized spacial score (nSPS) is 20.2. The van der Waals surface area contributed by atoms with E-state index in [0.717, 1.165) is 13.0 Å². The van der Waals surface area contributed by atoms with Crippen molar-refractivity contribution in [1.82, 2.24) is 0 Å². The summed E-state index contributed by atoms with van der Waals surface area (Å²) in [6.07, 6.45) is -19.7. The molecule has 0 N–H and O–H groups in total. The molecule has 30 heavy (non-hydrogen) atoms. The van der Waals surface area contributed by atoms with Crippen molar-refractivity contribution in [3.05, 3.63) is 12.7 Å². The summed E-state index contributed by atoms with van der Waals surface area (Å²) in [4.78, 5) is 0. The zero-order valence-electron chi connectivity index (χ0n) is 16.6. The topological polar surface area (TPSA) is 18.5 Å². The van der Waals surface area contributed by atoms with Crippen LogP contribution in [-0.4, -0.2) is 54.3 Å². The fourth-order valence-corrected chi connectivity index (χ4v) is 2.83. The molecule has 0 aromatic carbocycles. The predicted octanol–water partition coefficient (Wildman–Crippen LogP) is 6.65. The summed E-state index contributed by atoms with van der Waals surface area (Å²) in [7, 11) is 0. The van der Waals surface area contributed by atoms with Gasteiger partial charge in [0.2, 0.25) is 0 Å². The highest BCUT2D eigenvalue weighted by Crippen LogP contribution is 2.57. The van der Waals surface area contributed by atoms with Crippen molar-refractivity contribution in [1.29, 1.82) is 0 Å². The maximum absolute atomic E-state index is 15.1. The lowest BCUT2D eigenvalue weighted by Gasteiger charge is -2.48. The van der Waals surface area contributed by atoms with Gasteiger partial charge in [0.15, 0.2) is 5.67 Å². The summed E-state index contributed by atoms with van der Waals surface area (Å²) in [5.74, 6) is 0. The zero-order chi connectivity index (χ0) is 24.4. The number of hydrogen-bond donors (Lipinski definition) is 0. The molecular formula is C17H23F11O2. The van der Waals surface area contributed by atoms with Crippen molar-refractivity contribution in [2.75, 3.05) is 13.2 Å². The van der Waals surface area contributed by atoms with E-state index in [4.69, 9.17) is 0 Å². The van der Waals surface area contributed by atoms with Crippen LogP contribution in [-0.2, 0) is 9.47 Å². The molecule has 13 heteroatoms. The minimum absolute atomic E-state index is 0.0944. The van der Waals surface area contributed by atoms with Gasteiger partial charge >= 0.3 is 24.1 Å². The van der Waals surface area contributed by atoms with Crippen LogP contribution in [0, 0.1) is 0 Å². The lowest BCUT2D eigenvalue weighted by atomic mass is 9.80. The molecule has 2 nitrogen and oxygen atoms in total. The van der Waals surface area contributed by atoms with Gasteiger partial charge in [-0.2, -0.15) is 35.1 Å². The third-order valence-electron chi connectivity index (χ3n) is 4.52. The van der Waals surface area contributed by atoms with Gasteiger partial charge in [0, 0.05) is 0 Å². The SMILES string of the molecule is C=CCOCC(F)(C(F)(F)F)C(C)(CCC)OC(F)(F)C(F)(C(C)(C)F)C(F)(F)F. The fraction of sp³-hybridized carbons (Fsp3) is 0.882. The third-order valence-corrected chi connectivity index (χ3v) is 4.52. The Hall–Kier alpha value is -1.11. The minimum Gasteiger partial charge on any atom is -0.374 e. The van der Waals surface area contributed by atoms with Crippen LogP contribution in [0.15, 0.2) is 12.7 Å². The van der Waals surface area contributed by atoms with Gasteiger partial charge in [-0.1, -0.05) is 19.4 Å². The fourth-order valence-electron chi connectivity index (χ4n) is 2.83. The Morgan fingerprint density at radius 3 is 1.57 bits per heavy atom. The van der Waals surface area contributed by atoms with Crippen molar-refractivity contribution >= 4 is 0 Å². The number of hydrogen-bond acceptors (Lipinski definition) is 2. The predicted molar refractivity (Wildman–Crippen MR) is 85.3 cm³/mol. The van der Waals surface area contributed by atoms with E-state index < -0.39 is 67.1 Å². The molecule has 0 aromatic heterocycles. The van der Waals surface area contributed by atoms with Crippen molar-refractivity contribution in [2.45, 2.75) is 81.6 Å². The lowest BCUT2D eigenvalue weighted by molar-refractivity contribution is -0.446. The second kappa shape index (κ2) is 8.79. The van der Waals surface area contributed by atoms with Gasteiger partial charge in [-0.05, 0) is 27.2 Å². The lowest BCUT2D eigenvalue weighted by Crippen LogP contribution is -2.71. The summed E-state index contributed by atoms with van der Waals surface area (Å²) >= 11 is 0. The third kappa shape index (κ3) is 5.03. The van der Waals surface area contributed by atoms with Gasteiger partial charge < -0.3 is 9.47 Å². The van der Waals surface area contributed by atoms with Crippen molar-refractivity contribution in [3.8, 4) is 0 Å². The van der Waals surface area contributed by atoms with E-state index in [2.05, 4.69) is 16.1 Å². The smallest absolute Gasteiger partial charge is 0.374 e. The van der Waals surface area contributed by atoms with Crippen LogP contribution in [0.5, 0.6) is 0 Å². The first-order valence-electron chi connectivity index (χ1n) is 8.55. The quantitative estimate of drug-likeness (QED) is 0.192. The maximum atomic E-state index is 15.1. The van der Waals surface area contributed by atoms with E-state index in [0.29, 0.717) is 0 Å². The highest BCUT2D eigenvalue weighted by atomic mass is 19.4. The van der Waals surface area contributed by atoms with Gasteiger partial charge in [-0.25, -0.2) is 13.2 Å². The number of rotatable bonds is 11. The molecule has 180 valence electrons. The number of ether oxygens (including phenoxy) is 2. The van der Waals surface area contributed by atoms with Crippen LogP contribution < -0.4 is 0 Å². The standard InChI is InChI=1S/C17H23F11O2/c1-6-8-12(5,13(19,15(21,22)23)10-29-9-7-2)30-17(27,28)14(20,11(3,4)18)16(24,25)26/h7H,2,6,8-10H2,1,3-5H3. The molecule has 3 unspecified atom stereocenters. The molecule has 0 rings (SSSR count). The van der Waals surface area contributed by atoms with Gasteiger partial charge in [0.25, 0.3) is 5.67 Å². The van der Waals surface area contributed by atoms with E-state index in [1.165, 1.54) is 0 Å². The second-order valence-electron chi connectivity index (χ2n) is 7.33. The van der Waals surface area contributed by atoms with Crippen molar-refractivity contribution in [3.63, 3.8) is 0 Å². The first kappa shape index (κ1) is 28.9. The van der Waals surface area contributed by atoms with Gasteiger partial charge in [-0.3, -0.25) is 0 Å². The molecule has 0 heterocycles. The number of alkyl halides is 11. The average molecular weight is 468 g/mol. The summed E-state index contributed by atoms with van der Waals surface area (Å²) in [5.41, 5.74) is -19.1. The molecule has 0 fully saturated rings. The van der Waals surface area contributed by atoms with Crippen molar-refractivity contribution < 1.29 is 57.8 Å². The van der Waals surface area contributed by atoms with Crippen molar-refractivity contribution in [2.24, 2.45) is 0 Å². The molecule has 0 radical (unpaired) electrons. The Morgan fingerprint density at radius 1 is 0.800 bits per heavy atom. The molecule has 0 aliphatic rings. The Labute approximate surface area is 166 Å². The average Bonchev–Trinajstić information content (AvgIpc) is 2.50. The largest absolute Gasteiger partial charge is 0.434 e. The first-order chi connectivity index (χ1) is 13.1. The van der Waals surface area contributed by atoms with E-state index in [-0.39, 0.29) is 20.8 Å². The number of halogens is 11. The second-order valence-corrected chi connectivity index (χ2v) is 7.33. The van der Waals surface area contributed by atoms with Crippen LogP contribution in [0.2, 0.25) is 0 Å². The highest BCUT2D eigenvalue weighted by Gasteiger charge is 2.82. The van der Waals surface area contributed by atoms with Crippen LogP contribution in [0.4, 0.5) is 48.3 Å². The van der Waals surface area contributed by atoms with Crippen LogP contribution in [0.1, 0.15) is 40.5 Å². The Balaban J connectivity index is 6.64. The molecule has 0 bridgehead atoms. The molecule has 0 saturated heterocycles. The van der Waals surface area contributed by atoms with Gasteiger partial charge in [0.1, 0.15) is 5.60 Å². The Morgan fingerprint density at radius 2 is 1.27 bits per heavy atom. The highest BCUT2D eigenvalue weighted by molar-refractivity contribution is 5.10. The van der Waals surface area contributed by atoms with E-state index in [1.807, 2.05) is 0 Å². The molecule has 0 aliphatic heterocycles. The zero-order valence-corrected chi connectivity index (χ0v) is 16.6. The summed E-state index contributed by atoms with van der Waals surface area (Å²) < 4.78 is 160. The maximum Gasteiger partial charge on any atom is 0.434 e.